The lowest BCUT2D eigenvalue weighted by atomic mass is 9.84. The minimum Gasteiger partial charge on any atom is -0.323 e. The van der Waals surface area contributed by atoms with Crippen molar-refractivity contribution in [2.45, 2.75) is 57.0 Å². The number of benzene rings is 1. The zero-order valence-corrected chi connectivity index (χ0v) is 14.5. The van der Waals surface area contributed by atoms with E-state index in [0.29, 0.717) is 22.9 Å². The summed E-state index contributed by atoms with van der Waals surface area (Å²) in [4.78, 5) is 26.3. The van der Waals surface area contributed by atoms with E-state index >= 15 is 0 Å². The van der Waals surface area contributed by atoms with E-state index < -0.39 is 17.4 Å². The van der Waals surface area contributed by atoms with Crippen LogP contribution in [-0.4, -0.2) is 22.4 Å². The van der Waals surface area contributed by atoms with Crippen LogP contribution in [0.2, 0.25) is 0 Å². The number of hydrogen-bond acceptors (Lipinski definition) is 2. The monoisotopic (exact) mass is 382 g/mol. The lowest BCUT2D eigenvalue weighted by Gasteiger charge is -2.28. The highest BCUT2D eigenvalue weighted by molar-refractivity contribution is 9.10. The van der Waals surface area contributed by atoms with Crippen LogP contribution in [0.3, 0.4) is 0 Å². The van der Waals surface area contributed by atoms with E-state index in [0.717, 1.165) is 30.6 Å². The number of carbonyl (C=O) groups excluding carboxylic acids is 2. The molecule has 0 radical (unpaired) electrons. The SMILES string of the molecule is O=C1NC2(CCCCCCC2)C(=O)N1Cc1ccc(Br)cc1F. The molecule has 1 spiro atoms. The molecule has 1 heterocycles. The fourth-order valence-electron chi connectivity index (χ4n) is 3.49. The van der Waals surface area contributed by atoms with Crippen LogP contribution in [0.1, 0.15) is 50.5 Å². The van der Waals surface area contributed by atoms with Crippen molar-refractivity contribution in [3.63, 3.8) is 0 Å². The molecule has 0 atom stereocenters. The first-order chi connectivity index (χ1) is 11.0. The van der Waals surface area contributed by atoms with Crippen LogP contribution >= 0.6 is 15.9 Å². The molecule has 1 aromatic rings. The summed E-state index contributed by atoms with van der Waals surface area (Å²) < 4.78 is 14.6. The fourth-order valence-corrected chi connectivity index (χ4v) is 3.82. The smallest absolute Gasteiger partial charge is 0.323 e. The van der Waals surface area contributed by atoms with Crippen LogP contribution in [0.4, 0.5) is 9.18 Å². The number of carbonyl (C=O) groups is 2. The average Bonchev–Trinajstić information content (AvgIpc) is 2.71. The van der Waals surface area contributed by atoms with Crippen LogP contribution in [0, 0.1) is 5.82 Å². The molecule has 4 nitrogen and oxygen atoms in total. The lowest BCUT2D eigenvalue weighted by molar-refractivity contribution is -0.132. The number of hydrogen-bond donors (Lipinski definition) is 1. The molecule has 124 valence electrons. The van der Waals surface area contributed by atoms with Crippen LogP contribution in [0.25, 0.3) is 0 Å². The minimum atomic E-state index is -0.774. The maximum absolute atomic E-state index is 14.0. The Labute approximate surface area is 143 Å². The molecule has 1 aliphatic heterocycles. The van der Waals surface area contributed by atoms with Gasteiger partial charge in [0.15, 0.2) is 0 Å². The molecular weight excluding hydrogens is 363 g/mol. The van der Waals surface area contributed by atoms with Gasteiger partial charge in [-0.25, -0.2) is 9.18 Å². The Morgan fingerprint density at radius 2 is 1.78 bits per heavy atom. The van der Waals surface area contributed by atoms with Crippen molar-refractivity contribution in [3.05, 3.63) is 34.1 Å². The summed E-state index contributed by atoms with van der Waals surface area (Å²) in [5.41, 5.74) is -0.428. The van der Waals surface area contributed by atoms with Gasteiger partial charge in [0.05, 0.1) is 6.54 Å². The minimum absolute atomic E-state index is 0.0223. The van der Waals surface area contributed by atoms with Gasteiger partial charge in [-0.1, -0.05) is 54.1 Å². The van der Waals surface area contributed by atoms with Gasteiger partial charge in [-0.2, -0.15) is 0 Å². The van der Waals surface area contributed by atoms with E-state index in [1.165, 1.54) is 12.5 Å². The van der Waals surface area contributed by atoms with Crippen molar-refractivity contribution in [1.82, 2.24) is 10.2 Å². The zero-order chi connectivity index (χ0) is 16.4. The number of rotatable bonds is 2. The molecule has 3 amide bonds. The summed E-state index contributed by atoms with van der Waals surface area (Å²) in [6.07, 6.45) is 6.59. The van der Waals surface area contributed by atoms with E-state index in [-0.39, 0.29) is 12.5 Å². The molecule has 0 unspecified atom stereocenters. The second-order valence-corrected chi connectivity index (χ2v) is 7.32. The fraction of sp³-hybridized carbons (Fsp3) is 0.529. The van der Waals surface area contributed by atoms with Crippen molar-refractivity contribution >= 4 is 27.9 Å². The van der Waals surface area contributed by atoms with Gasteiger partial charge in [0.25, 0.3) is 5.91 Å². The summed E-state index contributed by atoms with van der Waals surface area (Å²) in [6.45, 7) is -0.0223. The van der Waals surface area contributed by atoms with E-state index in [9.17, 15) is 14.0 Å². The van der Waals surface area contributed by atoms with Gasteiger partial charge in [0.1, 0.15) is 11.4 Å². The highest BCUT2D eigenvalue weighted by Gasteiger charge is 2.50. The van der Waals surface area contributed by atoms with E-state index in [1.807, 2.05) is 0 Å². The second kappa shape index (κ2) is 6.59. The molecule has 1 aromatic carbocycles. The summed E-state index contributed by atoms with van der Waals surface area (Å²) in [5, 5.41) is 2.89. The molecule has 6 heteroatoms. The van der Waals surface area contributed by atoms with Gasteiger partial charge in [0, 0.05) is 10.0 Å². The Hall–Kier alpha value is -1.43. The summed E-state index contributed by atoms with van der Waals surface area (Å²) in [6, 6.07) is 4.25. The van der Waals surface area contributed by atoms with Gasteiger partial charge < -0.3 is 5.32 Å². The highest BCUT2D eigenvalue weighted by atomic mass is 79.9. The number of nitrogens with zero attached hydrogens (tertiary/aromatic N) is 1. The van der Waals surface area contributed by atoms with E-state index in [1.54, 1.807) is 12.1 Å². The first-order valence-corrected chi connectivity index (χ1v) is 8.89. The summed E-state index contributed by atoms with van der Waals surface area (Å²) in [5.74, 6) is -0.620. The van der Waals surface area contributed by atoms with Crippen LogP contribution in [-0.2, 0) is 11.3 Å². The van der Waals surface area contributed by atoms with Crippen molar-refractivity contribution in [2.24, 2.45) is 0 Å². The van der Waals surface area contributed by atoms with Gasteiger partial charge >= 0.3 is 6.03 Å². The molecule has 2 aliphatic rings. The zero-order valence-electron chi connectivity index (χ0n) is 12.9. The molecule has 1 N–H and O–H groups in total. The maximum Gasteiger partial charge on any atom is 0.325 e. The number of imide groups is 1. The predicted octanol–water partition coefficient (Wildman–Crippen LogP) is 4.12. The van der Waals surface area contributed by atoms with Gasteiger partial charge in [-0.3, -0.25) is 9.69 Å². The third-order valence-corrected chi connectivity index (χ3v) is 5.29. The van der Waals surface area contributed by atoms with Crippen LogP contribution in [0.15, 0.2) is 22.7 Å². The maximum atomic E-state index is 14.0. The van der Waals surface area contributed by atoms with Gasteiger partial charge in [-0.15, -0.1) is 0 Å². The van der Waals surface area contributed by atoms with Crippen molar-refractivity contribution in [3.8, 4) is 0 Å². The average molecular weight is 383 g/mol. The standard InChI is InChI=1S/C17H20BrFN2O2/c18-13-7-6-12(14(19)10-13)11-21-15(22)17(20-16(21)23)8-4-2-1-3-5-9-17/h6-7,10H,1-5,8-9,11H2,(H,20,23). The molecule has 0 aromatic heterocycles. The first kappa shape index (κ1) is 16.4. The Morgan fingerprint density at radius 1 is 1.13 bits per heavy atom. The Kier molecular flexibility index (Phi) is 4.71. The quantitative estimate of drug-likeness (QED) is 0.781. The van der Waals surface area contributed by atoms with E-state index in [4.69, 9.17) is 0 Å². The molecule has 3 rings (SSSR count). The van der Waals surface area contributed by atoms with Crippen molar-refractivity contribution in [1.29, 1.82) is 0 Å². The molecule has 0 bridgehead atoms. The normalized spacial score (nSPS) is 21.2. The topological polar surface area (TPSA) is 49.4 Å². The van der Waals surface area contributed by atoms with Crippen LogP contribution in [0.5, 0.6) is 0 Å². The largest absolute Gasteiger partial charge is 0.325 e. The Bertz CT molecular complexity index is 627. The number of nitrogens with one attached hydrogen (secondary N) is 1. The Balaban J connectivity index is 1.80. The Morgan fingerprint density at radius 3 is 2.43 bits per heavy atom. The van der Waals surface area contributed by atoms with Crippen molar-refractivity contribution in [2.75, 3.05) is 0 Å². The highest BCUT2D eigenvalue weighted by Crippen LogP contribution is 2.33. The lowest BCUT2D eigenvalue weighted by Crippen LogP contribution is -2.47. The number of amides is 3. The molecule has 1 saturated heterocycles. The summed E-state index contributed by atoms with van der Waals surface area (Å²) in [7, 11) is 0. The van der Waals surface area contributed by atoms with Gasteiger partial charge in [-0.05, 0) is 25.0 Å². The molecular formula is C17H20BrFN2O2. The van der Waals surface area contributed by atoms with Gasteiger partial charge in [0.2, 0.25) is 0 Å². The van der Waals surface area contributed by atoms with Crippen LogP contribution < -0.4 is 5.32 Å². The first-order valence-electron chi connectivity index (χ1n) is 8.10. The van der Waals surface area contributed by atoms with Crippen molar-refractivity contribution < 1.29 is 14.0 Å². The second-order valence-electron chi connectivity index (χ2n) is 6.41. The third kappa shape index (κ3) is 3.27. The summed E-state index contributed by atoms with van der Waals surface area (Å²) >= 11 is 3.21. The molecule has 23 heavy (non-hydrogen) atoms. The molecule has 1 aliphatic carbocycles. The third-order valence-electron chi connectivity index (χ3n) is 4.80. The van der Waals surface area contributed by atoms with E-state index in [2.05, 4.69) is 21.2 Å². The number of urea groups is 1. The number of halogens is 2. The molecule has 2 fully saturated rings. The molecule has 1 saturated carbocycles. The predicted molar refractivity (Wildman–Crippen MR) is 88.2 cm³/mol.